The number of rotatable bonds is 3. The van der Waals surface area contributed by atoms with Gasteiger partial charge in [0.2, 0.25) is 0 Å². The molecule has 3 aromatic rings. The van der Waals surface area contributed by atoms with E-state index in [-0.39, 0.29) is 6.42 Å². The Morgan fingerprint density at radius 1 is 1.32 bits per heavy atom. The van der Waals surface area contributed by atoms with Gasteiger partial charge in [0, 0.05) is 15.1 Å². The van der Waals surface area contributed by atoms with Crippen molar-refractivity contribution in [3.8, 4) is 11.1 Å². The molecule has 3 rings (SSSR count). The van der Waals surface area contributed by atoms with E-state index in [1.807, 2.05) is 25.1 Å². The van der Waals surface area contributed by atoms with E-state index in [0.29, 0.717) is 5.02 Å². The Balaban J connectivity index is 0.000000500. The third kappa shape index (κ3) is 6.24. The van der Waals surface area contributed by atoms with Crippen LogP contribution in [0.2, 0.25) is 5.02 Å². The van der Waals surface area contributed by atoms with Gasteiger partial charge >= 0.3 is 5.97 Å². The molecule has 28 heavy (non-hydrogen) atoms. The highest BCUT2D eigenvalue weighted by Crippen LogP contribution is 2.39. The Labute approximate surface area is 180 Å². The van der Waals surface area contributed by atoms with Crippen LogP contribution in [0.4, 0.5) is 4.53 Å². The number of nitrogens with zero attached hydrogens (tertiary/aromatic N) is 1. The van der Waals surface area contributed by atoms with Crippen molar-refractivity contribution in [2.45, 2.75) is 39.7 Å². The Bertz CT molecular complexity index is 978. The molecule has 1 heterocycles. The fourth-order valence-electron chi connectivity index (χ4n) is 2.53. The maximum absolute atomic E-state index is 12.2. The lowest BCUT2D eigenvalue weighted by Crippen LogP contribution is -2.10. The molecule has 2 aromatic carbocycles. The average molecular weight is 489 g/mol. The molecule has 0 bridgehead atoms. The van der Waals surface area contributed by atoms with Crippen molar-refractivity contribution in [1.29, 1.82) is 0 Å². The van der Waals surface area contributed by atoms with Gasteiger partial charge in [-0.05, 0) is 78.5 Å². The minimum atomic E-state index is -0.925. The van der Waals surface area contributed by atoms with Gasteiger partial charge in [0.05, 0.1) is 22.2 Å². The molecule has 150 valence electrons. The number of thiazole rings is 1. The van der Waals surface area contributed by atoms with Gasteiger partial charge in [0.1, 0.15) is 0 Å². The quantitative estimate of drug-likeness (QED) is 0.461. The molecule has 0 aliphatic heterocycles. The predicted octanol–water partition coefficient (Wildman–Crippen LogP) is 6.44. The van der Waals surface area contributed by atoms with E-state index >= 15 is 0 Å². The zero-order valence-corrected chi connectivity index (χ0v) is 19.0. The van der Waals surface area contributed by atoms with Gasteiger partial charge in [-0.2, -0.15) is 0 Å². The molecule has 0 amide bonds. The van der Waals surface area contributed by atoms with Gasteiger partial charge in [-0.15, -0.1) is 11.3 Å². The SMILES string of the molecule is CC(C)(C)O.Cc1cc2nc(Br)sc2c(-c2ccc(Cl)cc2)c1CC(=O)OF. The molecule has 0 spiro atoms. The first-order chi connectivity index (χ1) is 13.0. The largest absolute Gasteiger partial charge is 0.391 e. The van der Waals surface area contributed by atoms with E-state index in [2.05, 4.69) is 25.9 Å². The minimum Gasteiger partial charge on any atom is -0.391 e. The van der Waals surface area contributed by atoms with E-state index < -0.39 is 11.6 Å². The molecule has 0 fully saturated rings. The number of carbonyl (C=O) groups is 1. The second-order valence-corrected chi connectivity index (χ2v) is 9.88. The highest BCUT2D eigenvalue weighted by Gasteiger charge is 2.19. The summed E-state index contributed by atoms with van der Waals surface area (Å²) in [6, 6.07) is 9.18. The van der Waals surface area contributed by atoms with Crippen LogP contribution in [0.3, 0.4) is 0 Å². The van der Waals surface area contributed by atoms with Crippen molar-refractivity contribution in [2.24, 2.45) is 0 Å². The number of aliphatic hydroxyl groups is 1. The number of benzene rings is 2. The fraction of sp³-hybridized carbons (Fsp3) is 0.300. The highest BCUT2D eigenvalue weighted by atomic mass is 79.9. The summed E-state index contributed by atoms with van der Waals surface area (Å²) in [4.78, 5) is 19.3. The van der Waals surface area contributed by atoms with Crippen LogP contribution < -0.4 is 0 Å². The van der Waals surface area contributed by atoms with Gasteiger partial charge in [-0.3, -0.25) is 4.94 Å². The first kappa shape index (κ1) is 22.7. The normalized spacial score (nSPS) is 11.1. The monoisotopic (exact) mass is 487 g/mol. The number of hydrogen-bond donors (Lipinski definition) is 1. The molecule has 1 aromatic heterocycles. The summed E-state index contributed by atoms with van der Waals surface area (Å²) in [6.45, 7) is 7.10. The average Bonchev–Trinajstić information content (AvgIpc) is 2.94. The van der Waals surface area contributed by atoms with Crippen molar-refractivity contribution in [3.05, 3.63) is 50.4 Å². The summed E-state index contributed by atoms with van der Waals surface area (Å²) in [7, 11) is 0. The molecule has 0 aliphatic rings. The first-order valence-corrected chi connectivity index (χ1v) is 10.4. The Morgan fingerprint density at radius 2 is 1.89 bits per heavy atom. The summed E-state index contributed by atoms with van der Waals surface area (Å²) in [5.41, 5.74) is 3.64. The summed E-state index contributed by atoms with van der Waals surface area (Å²) in [5, 5.41) is 9.14. The first-order valence-electron chi connectivity index (χ1n) is 8.38. The van der Waals surface area contributed by atoms with Crippen LogP contribution in [0.1, 0.15) is 31.9 Å². The maximum atomic E-state index is 12.2. The fourth-order valence-corrected chi connectivity index (χ4v) is 4.20. The van der Waals surface area contributed by atoms with Crippen molar-refractivity contribution < 1.29 is 19.4 Å². The van der Waals surface area contributed by atoms with Crippen LogP contribution >= 0.6 is 38.9 Å². The van der Waals surface area contributed by atoms with Gasteiger partial charge in [0.15, 0.2) is 3.92 Å². The van der Waals surface area contributed by atoms with Crippen molar-refractivity contribution in [3.63, 3.8) is 0 Å². The molecule has 0 saturated heterocycles. The maximum Gasteiger partial charge on any atom is 0.353 e. The van der Waals surface area contributed by atoms with E-state index in [0.717, 1.165) is 36.4 Å². The van der Waals surface area contributed by atoms with Gasteiger partial charge in [-0.1, -0.05) is 23.7 Å². The molecule has 0 radical (unpaired) electrons. The Hall–Kier alpha value is -1.54. The molecule has 8 heteroatoms. The number of aryl methyl sites for hydroxylation is 1. The smallest absolute Gasteiger partial charge is 0.353 e. The lowest BCUT2D eigenvalue weighted by atomic mass is 9.93. The number of aromatic nitrogens is 1. The van der Waals surface area contributed by atoms with Gasteiger partial charge < -0.3 is 5.11 Å². The van der Waals surface area contributed by atoms with Crippen LogP contribution in [-0.2, 0) is 16.2 Å². The summed E-state index contributed by atoms with van der Waals surface area (Å²) in [6.07, 6.45) is -0.147. The molecule has 1 N–H and O–H groups in total. The number of carbonyl (C=O) groups excluding carboxylic acids is 1. The van der Waals surface area contributed by atoms with E-state index in [1.165, 1.54) is 11.3 Å². The lowest BCUT2D eigenvalue weighted by Gasteiger charge is -2.13. The van der Waals surface area contributed by atoms with Crippen LogP contribution in [0.25, 0.3) is 21.3 Å². The number of fused-ring (bicyclic) bond motifs is 1. The third-order valence-corrected chi connectivity index (χ3v) is 5.32. The van der Waals surface area contributed by atoms with E-state index in [1.54, 1.807) is 32.9 Å². The molecular formula is C20H20BrClFNO3S. The molecular weight excluding hydrogens is 469 g/mol. The second-order valence-electron chi connectivity index (χ2n) is 7.17. The molecule has 0 unspecified atom stereocenters. The Kier molecular flexibility index (Phi) is 7.56. The summed E-state index contributed by atoms with van der Waals surface area (Å²) < 4.78 is 13.9. The number of halogens is 3. The van der Waals surface area contributed by atoms with E-state index in [4.69, 9.17) is 16.7 Å². The highest BCUT2D eigenvalue weighted by molar-refractivity contribution is 9.11. The standard InChI is InChI=1S/C16H10BrClFNO2S.C4H10O/c1-8-6-12-15(23-16(17)20-12)14(11(8)7-13(21)22-19)9-2-4-10(18)5-3-9;1-4(2,3)5/h2-6H,7H2,1H3;5H,1-3H3. The van der Waals surface area contributed by atoms with Crippen LogP contribution in [0, 0.1) is 6.92 Å². The van der Waals surface area contributed by atoms with Gasteiger partial charge in [-0.25, -0.2) is 9.78 Å². The zero-order valence-electron chi connectivity index (χ0n) is 15.8. The molecule has 4 nitrogen and oxygen atoms in total. The summed E-state index contributed by atoms with van der Waals surface area (Å²) >= 11 is 10.8. The second kappa shape index (κ2) is 9.31. The van der Waals surface area contributed by atoms with Crippen LogP contribution in [-0.4, -0.2) is 21.7 Å². The number of hydrogen-bond acceptors (Lipinski definition) is 5. The molecule has 0 saturated carbocycles. The molecule has 0 aliphatic carbocycles. The van der Waals surface area contributed by atoms with Crippen LogP contribution in [0.5, 0.6) is 0 Å². The topological polar surface area (TPSA) is 59.4 Å². The van der Waals surface area contributed by atoms with Gasteiger partial charge in [0.25, 0.3) is 0 Å². The van der Waals surface area contributed by atoms with Crippen molar-refractivity contribution in [2.75, 3.05) is 0 Å². The third-order valence-electron chi connectivity index (χ3n) is 3.53. The minimum absolute atomic E-state index is 0.147. The lowest BCUT2D eigenvalue weighted by molar-refractivity contribution is -0.182. The van der Waals surface area contributed by atoms with Crippen molar-refractivity contribution in [1.82, 2.24) is 4.98 Å². The zero-order chi connectivity index (χ0) is 21.1. The Morgan fingerprint density at radius 3 is 2.43 bits per heavy atom. The molecule has 0 atom stereocenters. The van der Waals surface area contributed by atoms with Crippen LogP contribution in [0.15, 0.2) is 34.2 Å². The van der Waals surface area contributed by atoms with E-state index in [9.17, 15) is 9.32 Å². The van der Waals surface area contributed by atoms with Crippen molar-refractivity contribution >= 4 is 55.1 Å². The summed E-state index contributed by atoms with van der Waals surface area (Å²) in [5.74, 6) is -0.925. The predicted molar refractivity (Wildman–Crippen MR) is 115 cm³/mol.